The van der Waals surface area contributed by atoms with Gasteiger partial charge in [-0.25, -0.2) is 9.18 Å². The molecule has 0 saturated carbocycles. The van der Waals surface area contributed by atoms with Crippen LogP contribution < -0.4 is 4.74 Å². The number of hydrogen-bond acceptors (Lipinski definition) is 4. The molecular weight excluding hydrogens is 295 g/mol. The summed E-state index contributed by atoms with van der Waals surface area (Å²) in [6.45, 7) is 1.68. The van der Waals surface area contributed by atoms with Crippen molar-refractivity contribution in [3.05, 3.63) is 27.5 Å². The monoisotopic (exact) mass is 306 g/mol. The first-order valence-corrected chi connectivity index (χ1v) is 5.51. The molecule has 0 heterocycles. The van der Waals surface area contributed by atoms with Crippen molar-refractivity contribution in [3.8, 4) is 5.75 Å². The molecule has 94 valence electrons. The van der Waals surface area contributed by atoms with E-state index >= 15 is 0 Å². The summed E-state index contributed by atoms with van der Waals surface area (Å²) in [6.07, 6.45) is -1.72. The van der Waals surface area contributed by atoms with Crippen LogP contribution in [-0.2, 0) is 9.53 Å². The highest BCUT2D eigenvalue weighted by Gasteiger charge is 2.28. The third kappa shape index (κ3) is 2.58. The van der Waals surface area contributed by atoms with E-state index in [0.29, 0.717) is 5.56 Å². The summed E-state index contributed by atoms with van der Waals surface area (Å²) in [6, 6.07) is 1.50. The zero-order chi connectivity index (χ0) is 13.2. The molecule has 0 amide bonds. The summed E-state index contributed by atoms with van der Waals surface area (Å²) in [4.78, 5) is 11.2. The minimum atomic E-state index is -1.72. The van der Waals surface area contributed by atoms with Crippen molar-refractivity contribution in [2.24, 2.45) is 0 Å². The predicted octanol–water partition coefficient (Wildman–Crippen LogP) is 2.11. The van der Waals surface area contributed by atoms with Crippen LogP contribution in [0.4, 0.5) is 4.39 Å². The number of aliphatic hydroxyl groups excluding tert-OH is 1. The van der Waals surface area contributed by atoms with Gasteiger partial charge in [0.1, 0.15) is 11.6 Å². The molecule has 17 heavy (non-hydrogen) atoms. The summed E-state index contributed by atoms with van der Waals surface area (Å²) in [7, 11) is 2.45. The molecule has 1 atom stereocenters. The van der Waals surface area contributed by atoms with Crippen LogP contribution in [0.2, 0.25) is 0 Å². The average molecular weight is 307 g/mol. The van der Waals surface area contributed by atoms with E-state index in [2.05, 4.69) is 20.7 Å². The van der Waals surface area contributed by atoms with Gasteiger partial charge in [-0.15, -0.1) is 0 Å². The SMILES string of the molecule is COC(=O)C(O)c1c(F)c(Br)cc(C)c1OC. The van der Waals surface area contributed by atoms with Gasteiger partial charge in [0.15, 0.2) is 6.10 Å². The molecule has 1 N–H and O–H groups in total. The highest BCUT2D eigenvalue weighted by atomic mass is 79.9. The molecule has 6 heteroatoms. The van der Waals surface area contributed by atoms with E-state index in [1.165, 1.54) is 13.2 Å². The van der Waals surface area contributed by atoms with Crippen LogP contribution in [0.15, 0.2) is 10.5 Å². The minimum absolute atomic E-state index is 0.128. The topological polar surface area (TPSA) is 55.8 Å². The Morgan fingerprint density at radius 2 is 2.12 bits per heavy atom. The summed E-state index contributed by atoms with van der Waals surface area (Å²) < 4.78 is 23.4. The molecule has 0 radical (unpaired) electrons. The lowest BCUT2D eigenvalue weighted by Crippen LogP contribution is -2.16. The highest BCUT2D eigenvalue weighted by Crippen LogP contribution is 2.35. The number of ether oxygens (including phenoxy) is 2. The van der Waals surface area contributed by atoms with Crippen molar-refractivity contribution in [2.45, 2.75) is 13.0 Å². The predicted molar refractivity (Wildman–Crippen MR) is 62.4 cm³/mol. The van der Waals surface area contributed by atoms with E-state index in [1.54, 1.807) is 6.92 Å². The van der Waals surface area contributed by atoms with Crippen LogP contribution in [0.5, 0.6) is 5.75 Å². The number of halogens is 2. The Morgan fingerprint density at radius 1 is 1.53 bits per heavy atom. The minimum Gasteiger partial charge on any atom is -0.496 e. The van der Waals surface area contributed by atoms with Gasteiger partial charge in [-0.2, -0.15) is 0 Å². The number of methoxy groups -OCH3 is 2. The van der Waals surface area contributed by atoms with Crippen molar-refractivity contribution in [1.82, 2.24) is 0 Å². The van der Waals surface area contributed by atoms with Gasteiger partial charge >= 0.3 is 5.97 Å². The average Bonchev–Trinajstić information content (AvgIpc) is 2.31. The molecule has 0 spiro atoms. The first-order valence-electron chi connectivity index (χ1n) is 4.72. The summed E-state index contributed by atoms with van der Waals surface area (Å²) >= 11 is 3.01. The molecule has 1 rings (SSSR count). The van der Waals surface area contributed by atoms with Crippen molar-refractivity contribution in [1.29, 1.82) is 0 Å². The lowest BCUT2D eigenvalue weighted by molar-refractivity contribution is -0.151. The maximum Gasteiger partial charge on any atom is 0.339 e. The van der Waals surface area contributed by atoms with Gasteiger partial charge < -0.3 is 14.6 Å². The molecule has 0 aliphatic rings. The van der Waals surface area contributed by atoms with Gasteiger partial charge in [-0.1, -0.05) is 0 Å². The third-order valence-electron chi connectivity index (χ3n) is 2.29. The van der Waals surface area contributed by atoms with E-state index < -0.39 is 17.9 Å². The van der Waals surface area contributed by atoms with Gasteiger partial charge in [0, 0.05) is 0 Å². The van der Waals surface area contributed by atoms with E-state index in [9.17, 15) is 14.3 Å². The fourth-order valence-electron chi connectivity index (χ4n) is 1.50. The molecule has 4 nitrogen and oxygen atoms in total. The van der Waals surface area contributed by atoms with E-state index in [0.717, 1.165) is 7.11 Å². The normalized spacial score (nSPS) is 12.1. The number of rotatable bonds is 3. The van der Waals surface area contributed by atoms with Gasteiger partial charge in [-0.05, 0) is 34.5 Å². The van der Waals surface area contributed by atoms with Gasteiger partial charge in [0.2, 0.25) is 0 Å². The quantitative estimate of drug-likeness (QED) is 0.869. The summed E-state index contributed by atoms with van der Waals surface area (Å²) in [5.41, 5.74) is 0.366. The number of aliphatic hydroxyl groups is 1. The number of carbonyl (C=O) groups is 1. The molecule has 1 aromatic rings. The maximum atomic E-state index is 13.9. The molecule has 1 unspecified atom stereocenters. The van der Waals surface area contributed by atoms with E-state index in [4.69, 9.17) is 4.74 Å². The number of benzene rings is 1. The first-order chi connectivity index (χ1) is 7.93. The Labute approximate surface area is 106 Å². The largest absolute Gasteiger partial charge is 0.496 e. The van der Waals surface area contributed by atoms with Gasteiger partial charge in [0.05, 0.1) is 24.3 Å². The van der Waals surface area contributed by atoms with Crippen LogP contribution in [0.25, 0.3) is 0 Å². The fourth-order valence-corrected chi connectivity index (χ4v) is 2.06. The highest BCUT2D eigenvalue weighted by molar-refractivity contribution is 9.10. The lowest BCUT2D eigenvalue weighted by atomic mass is 10.0. The Bertz CT molecular complexity index is 448. The van der Waals surface area contributed by atoms with Crippen LogP contribution in [0.1, 0.15) is 17.2 Å². The van der Waals surface area contributed by atoms with Crippen molar-refractivity contribution in [2.75, 3.05) is 14.2 Å². The molecule has 0 fully saturated rings. The smallest absolute Gasteiger partial charge is 0.339 e. The summed E-state index contributed by atoms with van der Waals surface area (Å²) in [5, 5.41) is 9.72. The number of aryl methyl sites for hydroxylation is 1. The number of carbonyl (C=O) groups excluding carboxylic acids is 1. The van der Waals surface area contributed by atoms with Gasteiger partial charge in [0.25, 0.3) is 0 Å². The molecule has 0 saturated heterocycles. The lowest BCUT2D eigenvalue weighted by Gasteiger charge is -2.16. The Hall–Kier alpha value is -1.14. The first kappa shape index (κ1) is 13.9. The van der Waals surface area contributed by atoms with Crippen LogP contribution in [-0.4, -0.2) is 25.3 Å². The van der Waals surface area contributed by atoms with Crippen molar-refractivity contribution < 1.29 is 23.8 Å². The number of hydrogen-bond donors (Lipinski definition) is 1. The third-order valence-corrected chi connectivity index (χ3v) is 2.87. The number of esters is 1. The standard InChI is InChI=1S/C11H12BrFO4/c1-5-4-6(12)8(13)7(10(5)16-2)9(14)11(15)17-3/h4,9,14H,1-3H3. The zero-order valence-corrected chi connectivity index (χ0v) is 11.2. The van der Waals surface area contributed by atoms with Crippen molar-refractivity contribution in [3.63, 3.8) is 0 Å². The van der Waals surface area contributed by atoms with Gasteiger partial charge in [-0.3, -0.25) is 0 Å². The second-order valence-corrected chi connectivity index (χ2v) is 4.22. The fraction of sp³-hybridized carbons (Fsp3) is 0.364. The van der Waals surface area contributed by atoms with Crippen molar-refractivity contribution >= 4 is 21.9 Å². The van der Waals surface area contributed by atoms with Crippen LogP contribution in [0.3, 0.4) is 0 Å². The van der Waals surface area contributed by atoms with Crippen LogP contribution >= 0.6 is 15.9 Å². The van der Waals surface area contributed by atoms with Crippen LogP contribution in [0, 0.1) is 12.7 Å². The molecule has 0 aromatic heterocycles. The molecule has 0 aliphatic carbocycles. The molecule has 0 bridgehead atoms. The Morgan fingerprint density at radius 3 is 2.59 bits per heavy atom. The second-order valence-electron chi connectivity index (χ2n) is 3.36. The second kappa shape index (κ2) is 5.46. The Balaban J connectivity index is 3.44. The summed E-state index contributed by atoms with van der Waals surface area (Å²) in [5.74, 6) is -1.56. The molecule has 1 aromatic carbocycles. The zero-order valence-electron chi connectivity index (χ0n) is 9.58. The molecular formula is C11H12BrFO4. The van der Waals surface area contributed by atoms with E-state index in [1.807, 2.05) is 0 Å². The molecule has 0 aliphatic heterocycles. The van der Waals surface area contributed by atoms with E-state index in [-0.39, 0.29) is 15.8 Å². The maximum absolute atomic E-state index is 13.9. The Kier molecular flexibility index (Phi) is 4.47.